The van der Waals surface area contributed by atoms with Crippen LogP contribution in [0.25, 0.3) is 0 Å². The monoisotopic (exact) mass is 235 g/mol. The maximum absolute atomic E-state index is 11.9. The van der Waals surface area contributed by atoms with Crippen LogP contribution in [0.4, 0.5) is 0 Å². The highest BCUT2D eigenvalue weighted by atomic mass is 16.5. The second kappa shape index (κ2) is 5.29. The Labute approximate surface area is 100 Å². The van der Waals surface area contributed by atoms with E-state index < -0.39 is 0 Å². The van der Waals surface area contributed by atoms with Crippen molar-refractivity contribution in [2.45, 2.75) is 31.5 Å². The van der Waals surface area contributed by atoms with Crippen LogP contribution in [0.5, 0.6) is 5.75 Å². The van der Waals surface area contributed by atoms with E-state index in [0.29, 0.717) is 13.0 Å². The third kappa shape index (κ3) is 3.05. The Morgan fingerprint density at radius 1 is 1.47 bits per heavy atom. The number of phenolic OH excluding ortho intramolecular Hbond substituents is 1. The Kier molecular flexibility index (Phi) is 3.76. The second-order valence-electron chi connectivity index (χ2n) is 4.37. The maximum Gasteiger partial charge on any atom is 0.165 e. The standard InChI is InChI=1S/C13H17NO3/c14-8-11-4-5-13(17-11)12(16)7-9-2-1-3-10(15)6-9/h1-3,6,11,13,15H,4-5,7-8,14H2. The van der Waals surface area contributed by atoms with Gasteiger partial charge in [-0.3, -0.25) is 4.79 Å². The Bertz CT molecular complexity index is 405. The lowest BCUT2D eigenvalue weighted by atomic mass is 10.0. The van der Waals surface area contributed by atoms with E-state index in [4.69, 9.17) is 10.5 Å². The quantitative estimate of drug-likeness (QED) is 0.817. The molecular formula is C13H17NO3. The predicted octanol–water partition coefficient (Wildman–Crippen LogP) is 1.01. The highest BCUT2D eigenvalue weighted by molar-refractivity contribution is 5.85. The summed E-state index contributed by atoms with van der Waals surface area (Å²) in [5.41, 5.74) is 6.31. The topological polar surface area (TPSA) is 72.6 Å². The number of carbonyl (C=O) groups is 1. The van der Waals surface area contributed by atoms with Crippen LogP contribution in [0.2, 0.25) is 0 Å². The van der Waals surface area contributed by atoms with Gasteiger partial charge < -0.3 is 15.6 Å². The van der Waals surface area contributed by atoms with Crippen molar-refractivity contribution >= 4 is 5.78 Å². The van der Waals surface area contributed by atoms with E-state index in [2.05, 4.69) is 0 Å². The fourth-order valence-electron chi connectivity index (χ4n) is 2.10. The first-order valence-electron chi connectivity index (χ1n) is 5.85. The number of rotatable bonds is 4. The van der Waals surface area contributed by atoms with Crippen LogP contribution >= 0.6 is 0 Å². The first-order valence-corrected chi connectivity index (χ1v) is 5.85. The maximum atomic E-state index is 11.9. The number of hydrogen-bond donors (Lipinski definition) is 2. The molecule has 0 saturated carbocycles. The molecule has 0 spiro atoms. The molecule has 4 heteroatoms. The highest BCUT2D eigenvalue weighted by Crippen LogP contribution is 2.21. The average Bonchev–Trinajstić information content (AvgIpc) is 2.77. The van der Waals surface area contributed by atoms with Crippen LogP contribution in [0.1, 0.15) is 18.4 Å². The van der Waals surface area contributed by atoms with Crippen LogP contribution in [0.3, 0.4) is 0 Å². The largest absolute Gasteiger partial charge is 0.508 e. The molecule has 1 saturated heterocycles. The lowest BCUT2D eigenvalue weighted by Crippen LogP contribution is -2.26. The summed E-state index contributed by atoms with van der Waals surface area (Å²) in [5.74, 6) is 0.244. The first-order chi connectivity index (χ1) is 8.19. The number of Topliss-reactive ketones (excluding diaryl/α,β-unsaturated/α-hetero) is 1. The fourth-order valence-corrected chi connectivity index (χ4v) is 2.10. The molecular weight excluding hydrogens is 218 g/mol. The minimum Gasteiger partial charge on any atom is -0.508 e. The van der Waals surface area contributed by atoms with Crippen molar-refractivity contribution in [1.29, 1.82) is 0 Å². The van der Waals surface area contributed by atoms with Gasteiger partial charge in [-0.15, -0.1) is 0 Å². The third-order valence-corrected chi connectivity index (χ3v) is 3.02. The summed E-state index contributed by atoms with van der Waals surface area (Å²) in [4.78, 5) is 11.9. The molecule has 0 aliphatic carbocycles. The number of ether oxygens (including phenoxy) is 1. The molecule has 0 bridgehead atoms. The molecule has 1 aromatic carbocycles. The summed E-state index contributed by atoms with van der Waals surface area (Å²) >= 11 is 0. The Balaban J connectivity index is 1.93. The van der Waals surface area contributed by atoms with Gasteiger partial charge >= 0.3 is 0 Å². The number of benzene rings is 1. The lowest BCUT2D eigenvalue weighted by Gasteiger charge is -2.11. The minimum absolute atomic E-state index is 0.0214. The van der Waals surface area contributed by atoms with Gasteiger partial charge in [-0.1, -0.05) is 12.1 Å². The molecule has 1 fully saturated rings. The van der Waals surface area contributed by atoms with Crippen molar-refractivity contribution in [2.75, 3.05) is 6.54 Å². The van der Waals surface area contributed by atoms with Gasteiger partial charge in [0.25, 0.3) is 0 Å². The van der Waals surface area contributed by atoms with E-state index in [-0.39, 0.29) is 23.7 Å². The van der Waals surface area contributed by atoms with Crippen LogP contribution in [0.15, 0.2) is 24.3 Å². The average molecular weight is 235 g/mol. The first kappa shape index (κ1) is 12.1. The van der Waals surface area contributed by atoms with Gasteiger partial charge in [0, 0.05) is 13.0 Å². The van der Waals surface area contributed by atoms with Crippen molar-refractivity contribution in [3.05, 3.63) is 29.8 Å². The molecule has 0 radical (unpaired) electrons. The Hall–Kier alpha value is -1.39. The van der Waals surface area contributed by atoms with E-state index in [1.807, 2.05) is 6.07 Å². The summed E-state index contributed by atoms with van der Waals surface area (Å²) in [5, 5.41) is 9.31. The summed E-state index contributed by atoms with van der Waals surface area (Å²) in [7, 11) is 0. The van der Waals surface area contributed by atoms with Crippen molar-refractivity contribution in [3.63, 3.8) is 0 Å². The number of carbonyl (C=O) groups excluding carboxylic acids is 1. The number of nitrogens with two attached hydrogens (primary N) is 1. The van der Waals surface area contributed by atoms with Crippen LogP contribution in [-0.4, -0.2) is 29.6 Å². The van der Waals surface area contributed by atoms with E-state index >= 15 is 0 Å². The van der Waals surface area contributed by atoms with Gasteiger partial charge in [0.1, 0.15) is 11.9 Å². The minimum atomic E-state index is -0.328. The third-order valence-electron chi connectivity index (χ3n) is 3.02. The lowest BCUT2D eigenvalue weighted by molar-refractivity contribution is -0.128. The van der Waals surface area contributed by atoms with Crippen LogP contribution in [0, 0.1) is 0 Å². The highest BCUT2D eigenvalue weighted by Gasteiger charge is 2.29. The van der Waals surface area contributed by atoms with Crippen molar-refractivity contribution in [1.82, 2.24) is 0 Å². The van der Waals surface area contributed by atoms with Crippen LogP contribution in [-0.2, 0) is 16.0 Å². The summed E-state index contributed by atoms with van der Waals surface area (Å²) < 4.78 is 5.54. The van der Waals surface area contributed by atoms with E-state index in [1.54, 1.807) is 18.2 Å². The van der Waals surface area contributed by atoms with E-state index in [1.165, 1.54) is 0 Å². The molecule has 1 heterocycles. The normalized spacial score (nSPS) is 23.8. The van der Waals surface area contributed by atoms with Gasteiger partial charge in [0.05, 0.1) is 6.10 Å². The molecule has 4 nitrogen and oxygen atoms in total. The molecule has 3 N–H and O–H groups in total. The smallest absolute Gasteiger partial charge is 0.165 e. The Morgan fingerprint density at radius 3 is 2.94 bits per heavy atom. The molecule has 2 atom stereocenters. The summed E-state index contributed by atoms with van der Waals surface area (Å²) in [6.45, 7) is 0.468. The second-order valence-corrected chi connectivity index (χ2v) is 4.37. The molecule has 2 unspecified atom stereocenters. The van der Waals surface area contributed by atoms with E-state index in [0.717, 1.165) is 18.4 Å². The molecule has 17 heavy (non-hydrogen) atoms. The molecule has 1 aromatic rings. The van der Waals surface area contributed by atoms with Gasteiger partial charge in [0.15, 0.2) is 5.78 Å². The summed E-state index contributed by atoms with van der Waals surface area (Å²) in [6, 6.07) is 6.75. The number of ketones is 1. The Morgan fingerprint density at radius 2 is 2.29 bits per heavy atom. The van der Waals surface area contributed by atoms with Crippen LogP contribution < -0.4 is 5.73 Å². The fraction of sp³-hybridized carbons (Fsp3) is 0.462. The number of hydrogen-bond acceptors (Lipinski definition) is 4. The SMILES string of the molecule is NCC1CCC(C(=O)Cc2cccc(O)c2)O1. The van der Waals surface area contributed by atoms with Gasteiger partial charge in [0.2, 0.25) is 0 Å². The zero-order valence-electron chi connectivity index (χ0n) is 9.63. The zero-order valence-corrected chi connectivity index (χ0v) is 9.63. The molecule has 92 valence electrons. The van der Waals surface area contributed by atoms with Crippen molar-refractivity contribution < 1.29 is 14.6 Å². The molecule has 1 aliphatic heterocycles. The van der Waals surface area contributed by atoms with Gasteiger partial charge in [-0.2, -0.15) is 0 Å². The zero-order chi connectivity index (χ0) is 12.3. The number of aromatic hydroxyl groups is 1. The molecule has 0 amide bonds. The van der Waals surface area contributed by atoms with Crippen molar-refractivity contribution in [2.24, 2.45) is 5.73 Å². The molecule has 2 rings (SSSR count). The molecule has 1 aliphatic rings. The van der Waals surface area contributed by atoms with Gasteiger partial charge in [-0.25, -0.2) is 0 Å². The predicted molar refractivity (Wildman–Crippen MR) is 63.8 cm³/mol. The summed E-state index contributed by atoms with van der Waals surface area (Å²) in [6.07, 6.45) is 1.60. The van der Waals surface area contributed by atoms with Gasteiger partial charge in [-0.05, 0) is 30.5 Å². The van der Waals surface area contributed by atoms with Crippen molar-refractivity contribution in [3.8, 4) is 5.75 Å². The van der Waals surface area contributed by atoms with E-state index in [9.17, 15) is 9.90 Å². The number of phenols is 1. The molecule has 0 aromatic heterocycles.